The van der Waals surface area contributed by atoms with Crippen LogP contribution in [0.4, 0.5) is 0 Å². The Kier molecular flexibility index (Phi) is 4.29. The summed E-state index contributed by atoms with van der Waals surface area (Å²) >= 11 is 0. The highest BCUT2D eigenvalue weighted by Crippen LogP contribution is 2.56. The Morgan fingerprint density at radius 1 is 1.19 bits per heavy atom. The van der Waals surface area contributed by atoms with Gasteiger partial charge in [-0.05, 0) is 53.2 Å². The van der Waals surface area contributed by atoms with Crippen LogP contribution in [-0.2, 0) is 15.0 Å². The fourth-order valence-corrected chi connectivity index (χ4v) is 5.14. The lowest BCUT2D eigenvalue weighted by Crippen LogP contribution is -2.53. The summed E-state index contributed by atoms with van der Waals surface area (Å²) in [6.07, 6.45) is 6.96. The number of carboxylic acids is 1. The van der Waals surface area contributed by atoms with Gasteiger partial charge in [-0.1, -0.05) is 58.0 Å². The van der Waals surface area contributed by atoms with E-state index in [1.54, 1.807) is 0 Å². The van der Waals surface area contributed by atoms with Crippen molar-refractivity contribution in [1.29, 1.82) is 0 Å². The van der Waals surface area contributed by atoms with Crippen LogP contribution < -0.4 is 5.73 Å². The quantitative estimate of drug-likeness (QED) is 0.796. The monoisotopic (exact) mass is 355 g/mol. The van der Waals surface area contributed by atoms with Crippen LogP contribution in [0.5, 0.6) is 0 Å². The molecule has 3 N–H and O–H groups in total. The first-order valence-corrected chi connectivity index (χ1v) is 9.34. The topological polar surface area (TPSA) is 80.4 Å². The van der Waals surface area contributed by atoms with Crippen molar-refractivity contribution in [3.8, 4) is 0 Å². The zero-order valence-electron chi connectivity index (χ0n) is 16.1. The van der Waals surface area contributed by atoms with Crippen LogP contribution in [0.25, 0.3) is 6.08 Å². The molecular weight excluding hydrogens is 326 g/mol. The molecule has 1 amide bonds. The lowest BCUT2D eigenvalue weighted by atomic mass is 9.54. The smallest absolute Gasteiger partial charge is 0.319 e. The van der Waals surface area contributed by atoms with E-state index < -0.39 is 23.2 Å². The standard InChI is InChI=1S/C22H29NO3/c1-20(2)12-10-16(22(13-20,18(23)24)19(25)26)15-9-5-7-14-8-6-11-21(3,4)17(14)15/h5-9,16H,10-13H2,1-4H3,(H2,23,24)(H,25,26). The maximum Gasteiger partial charge on any atom is 0.319 e. The number of hydrogen-bond donors (Lipinski definition) is 2. The molecule has 2 aliphatic rings. The molecule has 0 heterocycles. The van der Waals surface area contributed by atoms with E-state index in [2.05, 4.69) is 32.1 Å². The maximum absolute atomic E-state index is 12.5. The van der Waals surface area contributed by atoms with Crippen molar-refractivity contribution >= 4 is 18.0 Å². The van der Waals surface area contributed by atoms with Crippen LogP contribution in [0.3, 0.4) is 0 Å². The molecule has 1 aromatic carbocycles. The Morgan fingerprint density at radius 2 is 1.88 bits per heavy atom. The maximum atomic E-state index is 12.5. The highest BCUT2D eigenvalue weighted by molar-refractivity contribution is 6.02. The Bertz CT molecular complexity index is 775. The molecular formula is C22H29NO3. The van der Waals surface area contributed by atoms with E-state index in [4.69, 9.17) is 5.73 Å². The molecule has 0 aliphatic heterocycles. The van der Waals surface area contributed by atoms with Gasteiger partial charge in [-0.15, -0.1) is 0 Å². The minimum absolute atomic E-state index is 0.102. The summed E-state index contributed by atoms with van der Waals surface area (Å²) in [7, 11) is 0. The minimum Gasteiger partial charge on any atom is -0.480 e. The van der Waals surface area contributed by atoms with Crippen molar-refractivity contribution in [1.82, 2.24) is 0 Å². The molecule has 3 rings (SSSR count). The van der Waals surface area contributed by atoms with Crippen molar-refractivity contribution in [2.45, 2.75) is 64.7 Å². The summed E-state index contributed by atoms with van der Waals surface area (Å²) in [5.41, 5.74) is 7.13. The lowest BCUT2D eigenvalue weighted by Gasteiger charge is -2.47. The van der Waals surface area contributed by atoms with E-state index >= 15 is 0 Å². The Morgan fingerprint density at radius 3 is 2.50 bits per heavy atom. The number of allylic oxidation sites excluding steroid dienone is 1. The van der Waals surface area contributed by atoms with Crippen LogP contribution in [0, 0.1) is 10.8 Å². The lowest BCUT2D eigenvalue weighted by molar-refractivity contribution is -0.162. The van der Waals surface area contributed by atoms with E-state index in [1.807, 2.05) is 26.0 Å². The highest BCUT2D eigenvalue weighted by atomic mass is 16.4. The van der Waals surface area contributed by atoms with E-state index in [-0.39, 0.29) is 17.3 Å². The number of hydrogen-bond acceptors (Lipinski definition) is 2. The number of carbonyl (C=O) groups is 2. The molecule has 2 atom stereocenters. The van der Waals surface area contributed by atoms with E-state index in [0.717, 1.165) is 24.0 Å². The third-order valence-electron chi connectivity index (χ3n) is 6.39. The molecule has 4 heteroatoms. The largest absolute Gasteiger partial charge is 0.480 e. The molecule has 0 radical (unpaired) electrons. The van der Waals surface area contributed by atoms with Gasteiger partial charge in [0.25, 0.3) is 0 Å². The number of primary amides is 1. The van der Waals surface area contributed by atoms with Gasteiger partial charge < -0.3 is 10.8 Å². The minimum atomic E-state index is -1.56. The number of fused-ring (bicyclic) bond motifs is 1. The van der Waals surface area contributed by atoms with Gasteiger partial charge in [0.05, 0.1) is 0 Å². The van der Waals surface area contributed by atoms with Crippen molar-refractivity contribution < 1.29 is 14.7 Å². The second kappa shape index (κ2) is 5.97. The van der Waals surface area contributed by atoms with Crippen molar-refractivity contribution in [3.05, 3.63) is 41.0 Å². The van der Waals surface area contributed by atoms with Crippen molar-refractivity contribution in [2.75, 3.05) is 0 Å². The average Bonchev–Trinajstić information content (AvgIpc) is 2.52. The van der Waals surface area contributed by atoms with Crippen molar-refractivity contribution in [3.63, 3.8) is 0 Å². The summed E-state index contributed by atoms with van der Waals surface area (Å²) in [5, 5.41) is 10.1. The first-order chi connectivity index (χ1) is 12.0. The summed E-state index contributed by atoms with van der Waals surface area (Å²) < 4.78 is 0. The van der Waals surface area contributed by atoms with Gasteiger partial charge in [-0.3, -0.25) is 9.59 Å². The molecule has 4 nitrogen and oxygen atoms in total. The van der Waals surface area contributed by atoms with Crippen molar-refractivity contribution in [2.24, 2.45) is 16.6 Å². The summed E-state index contributed by atoms with van der Waals surface area (Å²) in [4.78, 5) is 25.0. The molecule has 1 fully saturated rings. The molecule has 0 spiro atoms. The van der Waals surface area contributed by atoms with Crippen LogP contribution in [0.15, 0.2) is 24.3 Å². The SMILES string of the molecule is CC1(C)CCC(c2cccc3c2C(C)(C)CC=C3)C(C(N)=O)(C(=O)O)C1. The van der Waals surface area contributed by atoms with Crippen LogP contribution in [0.1, 0.15) is 76.0 Å². The van der Waals surface area contributed by atoms with Crippen LogP contribution >= 0.6 is 0 Å². The molecule has 140 valence electrons. The van der Waals surface area contributed by atoms with E-state index in [9.17, 15) is 14.7 Å². The molecule has 0 saturated heterocycles. The summed E-state index contributed by atoms with van der Waals surface area (Å²) in [6, 6.07) is 6.03. The number of amides is 1. The first-order valence-electron chi connectivity index (χ1n) is 9.34. The Hall–Kier alpha value is -2.10. The van der Waals surface area contributed by atoms with E-state index in [1.165, 1.54) is 5.56 Å². The predicted molar refractivity (Wildman–Crippen MR) is 103 cm³/mol. The molecule has 26 heavy (non-hydrogen) atoms. The van der Waals surface area contributed by atoms with Gasteiger partial charge in [-0.25, -0.2) is 0 Å². The predicted octanol–water partition coefficient (Wildman–Crippen LogP) is 4.23. The normalized spacial score (nSPS) is 29.0. The van der Waals surface area contributed by atoms with Gasteiger partial charge in [-0.2, -0.15) is 0 Å². The van der Waals surface area contributed by atoms with Gasteiger partial charge >= 0.3 is 5.97 Å². The molecule has 2 aliphatic carbocycles. The zero-order valence-corrected chi connectivity index (χ0v) is 16.1. The molecule has 0 bridgehead atoms. The zero-order chi connectivity index (χ0) is 19.3. The number of carbonyl (C=O) groups excluding carboxylic acids is 1. The second-order valence-electron chi connectivity index (χ2n) is 9.37. The van der Waals surface area contributed by atoms with E-state index in [0.29, 0.717) is 6.42 Å². The fraction of sp³-hybridized carbons (Fsp3) is 0.545. The van der Waals surface area contributed by atoms with Gasteiger partial charge in [0.1, 0.15) is 0 Å². The van der Waals surface area contributed by atoms with Gasteiger partial charge in [0, 0.05) is 5.92 Å². The Labute approximate surface area is 155 Å². The number of rotatable bonds is 3. The molecule has 1 aromatic rings. The third-order valence-corrected chi connectivity index (χ3v) is 6.39. The third kappa shape index (κ3) is 2.76. The van der Waals surface area contributed by atoms with Crippen LogP contribution in [-0.4, -0.2) is 17.0 Å². The second-order valence-corrected chi connectivity index (χ2v) is 9.37. The number of aliphatic carboxylic acids is 1. The number of carboxylic acid groups (broad SMARTS) is 1. The first kappa shape index (κ1) is 18.7. The fourth-order valence-electron chi connectivity index (χ4n) is 5.14. The number of nitrogens with two attached hydrogens (primary N) is 1. The molecule has 0 aromatic heterocycles. The van der Waals surface area contributed by atoms with Gasteiger partial charge in [0.15, 0.2) is 5.41 Å². The average molecular weight is 355 g/mol. The molecule has 2 unspecified atom stereocenters. The van der Waals surface area contributed by atoms with Gasteiger partial charge in [0.2, 0.25) is 5.91 Å². The Balaban J connectivity index is 2.24. The highest BCUT2D eigenvalue weighted by Gasteiger charge is 2.57. The summed E-state index contributed by atoms with van der Waals surface area (Å²) in [5.74, 6) is -2.21. The number of benzene rings is 1. The molecule has 1 saturated carbocycles. The van der Waals surface area contributed by atoms with Crippen LogP contribution in [0.2, 0.25) is 0 Å². The summed E-state index contributed by atoms with van der Waals surface area (Å²) in [6.45, 7) is 8.41.